The average Bonchev–Trinajstić information content (AvgIpc) is 3.32. The molecule has 0 unspecified atom stereocenters. The van der Waals surface area contributed by atoms with Crippen LogP contribution in [0.5, 0.6) is 0 Å². The van der Waals surface area contributed by atoms with Crippen LogP contribution >= 0.6 is 0 Å². The quantitative estimate of drug-likeness (QED) is 0.579. The first-order valence-electron chi connectivity index (χ1n) is 11.0. The molecule has 1 aliphatic rings. The van der Waals surface area contributed by atoms with Gasteiger partial charge in [0.05, 0.1) is 19.4 Å². The molecule has 32 heavy (non-hydrogen) atoms. The Morgan fingerprint density at radius 1 is 1.00 bits per heavy atom. The van der Waals surface area contributed by atoms with Gasteiger partial charge in [-0.3, -0.25) is 14.5 Å². The Morgan fingerprint density at radius 3 is 2.56 bits per heavy atom. The number of carbonyl (C=O) groups is 2. The van der Waals surface area contributed by atoms with E-state index in [-0.39, 0.29) is 37.5 Å². The van der Waals surface area contributed by atoms with Crippen molar-refractivity contribution in [3.05, 3.63) is 89.9 Å². The van der Waals surface area contributed by atoms with Gasteiger partial charge in [0.25, 0.3) is 0 Å². The summed E-state index contributed by atoms with van der Waals surface area (Å²) in [5.41, 5.74) is 3.37. The number of amides is 2. The van der Waals surface area contributed by atoms with Gasteiger partial charge in [0.15, 0.2) is 0 Å². The third-order valence-electron chi connectivity index (χ3n) is 5.93. The summed E-state index contributed by atoms with van der Waals surface area (Å²) in [6.07, 6.45) is 4.79. The first kappa shape index (κ1) is 21.8. The Morgan fingerprint density at radius 2 is 1.78 bits per heavy atom. The second-order valence-corrected chi connectivity index (χ2v) is 8.27. The highest BCUT2D eigenvalue weighted by atomic mass is 16.3. The number of aryl methyl sites for hydroxylation is 1. The van der Waals surface area contributed by atoms with Crippen LogP contribution in [0.25, 0.3) is 0 Å². The lowest BCUT2D eigenvalue weighted by Gasteiger charge is -2.34. The van der Waals surface area contributed by atoms with Crippen LogP contribution < -0.4 is 5.32 Å². The summed E-state index contributed by atoms with van der Waals surface area (Å²) < 4.78 is 5.44. The summed E-state index contributed by atoms with van der Waals surface area (Å²) >= 11 is 0. The zero-order chi connectivity index (χ0) is 22.3. The molecule has 4 rings (SSSR count). The van der Waals surface area contributed by atoms with Crippen molar-refractivity contribution in [2.75, 3.05) is 25.5 Å². The third kappa shape index (κ3) is 5.45. The standard InChI is InChI=1S/C26H29N3O3/c1-28(24-15-7-10-20-9-5-6-14-23(20)24)19-26(31)29(17-22-13-8-16-32-22)18-25(30)27-21-11-3-2-4-12-21/h2-6,8-9,11-14,16,24H,7,10,15,17-19H2,1H3,(H,27,30)/t24-/m1/s1. The summed E-state index contributed by atoms with van der Waals surface area (Å²) in [5, 5.41) is 2.86. The molecule has 1 aromatic heterocycles. The number of nitrogens with zero attached hydrogens (tertiary/aromatic N) is 2. The predicted octanol–water partition coefficient (Wildman–Crippen LogP) is 4.26. The van der Waals surface area contributed by atoms with Gasteiger partial charge in [-0.05, 0) is 61.7 Å². The molecule has 6 nitrogen and oxygen atoms in total. The van der Waals surface area contributed by atoms with E-state index < -0.39 is 0 Å². The van der Waals surface area contributed by atoms with Crippen LogP contribution in [0.3, 0.4) is 0 Å². The summed E-state index contributed by atoms with van der Waals surface area (Å²) in [7, 11) is 1.99. The smallest absolute Gasteiger partial charge is 0.244 e. The number of para-hydroxylation sites is 1. The predicted molar refractivity (Wildman–Crippen MR) is 124 cm³/mol. The maximum Gasteiger partial charge on any atom is 0.244 e. The second-order valence-electron chi connectivity index (χ2n) is 8.27. The molecule has 1 N–H and O–H groups in total. The molecule has 0 radical (unpaired) electrons. The topological polar surface area (TPSA) is 65.8 Å². The largest absolute Gasteiger partial charge is 0.467 e. The minimum Gasteiger partial charge on any atom is -0.467 e. The van der Waals surface area contributed by atoms with E-state index in [1.54, 1.807) is 17.2 Å². The fourth-order valence-electron chi connectivity index (χ4n) is 4.33. The van der Waals surface area contributed by atoms with E-state index >= 15 is 0 Å². The summed E-state index contributed by atoms with van der Waals surface area (Å²) in [6.45, 7) is 0.449. The van der Waals surface area contributed by atoms with Gasteiger partial charge in [-0.2, -0.15) is 0 Å². The Labute approximate surface area is 188 Å². The molecule has 2 aromatic carbocycles. The van der Waals surface area contributed by atoms with Crippen LogP contribution in [0.15, 0.2) is 77.4 Å². The van der Waals surface area contributed by atoms with Crippen molar-refractivity contribution >= 4 is 17.5 Å². The molecular formula is C26H29N3O3. The third-order valence-corrected chi connectivity index (χ3v) is 5.93. The molecule has 1 heterocycles. The highest BCUT2D eigenvalue weighted by Crippen LogP contribution is 2.33. The minimum atomic E-state index is -0.234. The molecule has 0 saturated heterocycles. The number of likely N-dealkylation sites (N-methyl/N-ethyl adjacent to an activating group) is 1. The monoisotopic (exact) mass is 431 g/mol. The molecule has 0 bridgehead atoms. The van der Waals surface area contributed by atoms with E-state index in [0.717, 1.165) is 19.3 Å². The highest BCUT2D eigenvalue weighted by molar-refractivity contribution is 5.94. The number of benzene rings is 2. The van der Waals surface area contributed by atoms with E-state index in [9.17, 15) is 9.59 Å². The number of carbonyl (C=O) groups excluding carboxylic acids is 2. The van der Waals surface area contributed by atoms with E-state index in [2.05, 4.69) is 34.5 Å². The van der Waals surface area contributed by atoms with Gasteiger partial charge in [-0.25, -0.2) is 0 Å². The van der Waals surface area contributed by atoms with Gasteiger partial charge in [-0.15, -0.1) is 0 Å². The van der Waals surface area contributed by atoms with E-state index in [0.29, 0.717) is 11.4 Å². The molecule has 0 fully saturated rings. The molecule has 0 aliphatic heterocycles. The SMILES string of the molecule is CN(CC(=O)N(CC(=O)Nc1ccccc1)Cc1ccco1)[C@@H]1CCCc2ccccc21. The zero-order valence-electron chi connectivity index (χ0n) is 18.4. The Balaban J connectivity index is 1.44. The van der Waals surface area contributed by atoms with E-state index in [1.807, 2.05) is 43.4 Å². The summed E-state index contributed by atoms with van der Waals surface area (Å²) in [5.74, 6) is 0.313. The van der Waals surface area contributed by atoms with Crippen molar-refractivity contribution < 1.29 is 14.0 Å². The number of nitrogens with one attached hydrogen (secondary N) is 1. The molecule has 3 aromatic rings. The molecular weight excluding hydrogens is 402 g/mol. The van der Waals surface area contributed by atoms with Crippen LogP contribution in [0.1, 0.15) is 35.8 Å². The fourth-order valence-corrected chi connectivity index (χ4v) is 4.33. The van der Waals surface area contributed by atoms with Crippen molar-refractivity contribution in [3.8, 4) is 0 Å². The van der Waals surface area contributed by atoms with Gasteiger partial charge in [-0.1, -0.05) is 42.5 Å². The van der Waals surface area contributed by atoms with Crippen LogP contribution in [0.2, 0.25) is 0 Å². The zero-order valence-corrected chi connectivity index (χ0v) is 18.4. The Bertz CT molecular complexity index is 1030. The van der Waals surface area contributed by atoms with Crippen molar-refractivity contribution in [2.24, 2.45) is 0 Å². The summed E-state index contributed by atoms with van der Waals surface area (Å²) in [4.78, 5) is 29.6. The van der Waals surface area contributed by atoms with Gasteiger partial charge in [0.2, 0.25) is 11.8 Å². The van der Waals surface area contributed by atoms with E-state index in [4.69, 9.17) is 4.42 Å². The van der Waals surface area contributed by atoms with Gasteiger partial charge in [0, 0.05) is 11.7 Å². The molecule has 0 saturated carbocycles. The number of furan rings is 1. The van der Waals surface area contributed by atoms with Crippen molar-refractivity contribution in [2.45, 2.75) is 31.8 Å². The van der Waals surface area contributed by atoms with Crippen LogP contribution in [0.4, 0.5) is 5.69 Å². The first-order valence-corrected chi connectivity index (χ1v) is 11.0. The van der Waals surface area contributed by atoms with Gasteiger partial charge in [0.1, 0.15) is 12.3 Å². The summed E-state index contributed by atoms with van der Waals surface area (Å²) in [6, 6.07) is 21.5. The lowest BCUT2D eigenvalue weighted by atomic mass is 9.87. The minimum absolute atomic E-state index is 0.0382. The lowest BCUT2D eigenvalue weighted by molar-refractivity contribution is -0.136. The van der Waals surface area contributed by atoms with Crippen molar-refractivity contribution in [3.63, 3.8) is 0 Å². The number of fused-ring (bicyclic) bond motifs is 1. The van der Waals surface area contributed by atoms with Gasteiger partial charge >= 0.3 is 0 Å². The fraction of sp³-hybridized carbons (Fsp3) is 0.308. The number of anilines is 1. The number of hydrogen-bond donors (Lipinski definition) is 1. The number of rotatable bonds is 8. The van der Waals surface area contributed by atoms with E-state index in [1.165, 1.54) is 11.1 Å². The Kier molecular flexibility index (Phi) is 7.02. The maximum absolute atomic E-state index is 13.3. The second kappa shape index (κ2) is 10.3. The molecule has 1 atom stereocenters. The molecule has 2 amide bonds. The Hall–Kier alpha value is -3.38. The lowest BCUT2D eigenvalue weighted by Crippen LogP contribution is -2.43. The van der Waals surface area contributed by atoms with Crippen molar-refractivity contribution in [1.29, 1.82) is 0 Å². The van der Waals surface area contributed by atoms with Crippen LogP contribution in [-0.4, -0.2) is 41.8 Å². The number of hydrogen-bond acceptors (Lipinski definition) is 4. The molecule has 166 valence electrons. The maximum atomic E-state index is 13.3. The van der Waals surface area contributed by atoms with Crippen LogP contribution in [-0.2, 0) is 22.6 Å². The van der Waals surface area contributed by atoms with Crippen molar-refractivity contribution in [1.82, 2.24) is 9.80 Å². The normalized spacial score (nSPS) is 15.2. The average molecular weight is 432 g/mol. The first-order chi connectivity index (χ1) is 15.6. The van der Waals surface area contributed by atoms with Crippen LogP contribution in [0, 0.1) is 0 Å². The molecule has 1 aliphatic carbocycles. The van der Waals surface area contributed by atoms with Gasteiger partial charge < -0.3 is 14.6 Å². The molecule has 0 spiro atoms. The highest BCUT2D eigenvalue weighted by Gasteiger charge is 2.27. The molecule has 6 heteroatoms.